The Labute approximate surface area is 170 Å². The van der Waals surface area contributed by atoms with Crippen LogP contribution in [-0.2, 0) is 11.2 Å². The summed E-state index contributed by atoms with van der Waals surface area (Å²) >= 11 is 0. The Morgan fingerprint density at radius 3 is 2.72 bits per heavy atom. The van der Waals surface area contributed by atoms with E-state index in [1.807, 2.05) is 11.0 Å². The second kappa shape index (κ2) is 7.28. The highest BCUT2D eigenvalue weighted by Crippen LogP contribution is 2.42. The Kier molecular flexibility index (Phi) is 4.60. The van der Waals surface area contributed by atoms with E-state index in [1.54, 1.807) is 6.92 Å². The van der Waals surface area contributed by atoms with Crippen LogP contribution in [0.5, 0.6) is 0 Å². The molecule has 2 aromatic rings. The number of aromatic nitrogens is 3. The molecule has 2 bridgehead atoms. The third-order valence-corrected chi connectivity index (χ3v) is 7.00. The molecule has 3 fully saturated rings. The van der Waals surface area contributed by atoms with Crippen molar-refractivity contribution in [1.29, 1.82) is 0 Å². The van der Waals surface area contributed by atoms with Gasteiger partial charge >= 0.3 is 0 Å². The number of rotatable bonds is 3. The van der Waals surface area contributed by atoms with Crippen molar-refractivity contribution in [1.82, 2.24) is 25.2 Å². The van der Waals surface area contributed by atoms with E-state index >= 15 is 0 Å². The van der Waals surface area contributed by atoms with Crippen LogP contribution < -0.4 is 0 Å². The first-order chi connectivity index (χ1) is 14.1. The van der Waals surface area contributed by atoms with Crippen molar-refractivity contribution in [2.24, 2.45) is 11.8 Å². The minimum Gasteiger partial charge on any atom is -0.336 e. The number of hydrogen-bond acceptors (Lipinski definition) is 4. The second-order valence-electron chi connectivity index (χ2n) is 8.74. The molecular weight excluding hydrogens is 366 g/mol. The minimum atomic E-state index is -0.0417. The molecule has 7 nitrogen and oxygen atoms in total. The van der Waals surface area contributed by atoms with E-state index in [9.17, 15) is 9.59 Å². The Bertz CT molecular complexity index is 911. The van der Waals surface area contributed by atoms with Crippen LogP contribution in [0.4, 0.5) is 0 Å². The van der Waals surface area contributed by atoms with Gasteiger partial charge < -0.3 is 9.80 Å². The van der Waals surface area contributed by atoms with Crippen molar-refractivity contribution < 1.29 is 9.59 Å². The number of piperidine rings is 3. The molecule has 3 saturated heterocycles. The van der Waals surface area contributed by atoms with Gasteiger partial charge in [-0.15, -0.1) is 0 Å². The lowest BCUT2D eigenvalue weighted by molar-refractivity contribution is -0.151. The molecule has 3 aliphatic rings. The van der Waals surface area contributed by atoms with Gasteiger partial charge in [0, 0.05) is 31.6 Å². The van der Waals surface area contributed by atoms with Crippen molar-refractivity contribution in [3.8, 4) is 0 Å². The molecule has 7 heteroatoms. The van der Waals surface area contributed by atoms with Crippen LogP contribution in [0.15, 0.2) is 30.3 Å². The molecule has 4 atom stereocenters. The van der Waals surface area contributed by atoms with Gasteiger partial charge in [0.2, 0.25) is 5.91 Å². The number of nitrogens with zero attached hydrogens (tertiary/aromatic N) is 4. The van der Waals surface area contributed by atoms with Crippen molar-refractivity contribution in [3.63, 3.8) is 0 Å². The lowest BCUT2D eigenvalue weighted by Gasteiger charge is -2.56. The van der Waals surface area contributed by atoms with Gasteiger partial charge in [-0.3, -0.25) is 9.59 Å². The molecule has 0 aliphatic carbocycles. The summed E-state index contributed by atoms with van der Waals surface area (Å²) in [5, 5.41) is 10.6. The molecule has 5 rings (SSSR count). The van der Waals surface area contributed by atoms with Gasteiger partial charge in [0.15, 0.2) is 5.69 Å². The third-order valence-electron chi connectivity index (χ3n) is 7.00. The maximum absolute atomic E-state index is 13.1. The number of likely N-dealkylation sites (tertiary alicyclic amines) is 1. The van der Waals surface area contributed by atoms with Crippen molar-refractivity contribution in [2.45, 2.75) is 51.1 Å². The zero-order chi connectivity index (χ0) is 20.0. The van der Waals surface area contributed by atoms with Crippen molar-refractivity contribution >= 4 is 11.8 Å². The van der Waals surface area contributed by atoms with Gasteiger partial charge in [-0.05, 0) is 50.0 Å². The molecule has 4 heterocycles. The number of H-pyrrole nitrogens is 1. The van der Waals surface area contributed by atoms with Crippen LogP contribution in [0.25, 0.3) is 0 Å². The van der Waals surface area contributed by atoms with Gasteiger partial charge in [-0.1, -0.05) is 30.3 Å². The van der Waals surface area contributed by atoms with Crippen LogP contribution in [-0.4, -0.2) is 62.2 Å². The average molecular weight is 393 g/mol. The number of benzene rings is 1. The van der Waals surface area contributed by atoms with Crippen LogP contribution in [0.2, 0.25) is 0 Å². The van der Waals surface area contributed by atoms with Gasteiger partial charge in [-0.25, -0.2) is 0 Å². The monoisotopic (exact) mass is 393 g/mol. The first kappa shape index (κ1) is 18.3. The molecule has 0 spiro atoms. The van der Waals surface area contributed by atoms with E-state index in [4.69, 9.17) is 0 Å². The van der Waals surface area contributed by atoms with E-state index < -0.39 is 0 Å². The second-order valence-corrected chi connectivity index (χ2v) is 8.74. The van der Waals surface area contributed by atoms with Crippen LogP contribution in [0, 0.1) is 18.8 Å². The molecular formula is C22H27N5O2. The number of nitrogens with one attached hydrogen (secondary N) is 1. The SMILES string of the molecule is Cc1n[nH]nc1C(=O)N1C[C@H]2C[C@@H](C1)[C@H](Cc1ccccc1)N1C(=O)CCC[C@@H]21. The predicted octanol–water partition coefficient (Wildman–Crippen LogP) is 2.20. The number of aromatic amines is 1. The normalized spacial score (nSPS) is 28.9. The standard InChI is InChI=1S/C22H27N5O2/c1-14-21(24-25-23-14)22(29)26-12-16-11-17(13-26)19(10-15-6-3-2-4-7-15)27-18(16)8-5-9-20(27)28/h2-4,6-7,16-19H,5,8-13H2,1H3,(H,23,24,25)/t16-,17+,18+,19+/m1/s1. The highest BCUT2D eigenvalue weighted by Gasteiger charge is 2.50. The fourth-order valence-electron chi connectivity index (χ4n) is 5.70. The Morgan fingerprint density at radius 1 is 1.17 bits per heavy atom. The molecule has 0 saturated carbocycles. The maximum Gasteiger partial charge on any atom is 0.276 e. The number of amides is 2. The quantitative estimate of drug-likeness (QED) is 0.867. The van der Waals surface area contributed by atoms with Gasteiger partial charge in [0.05, 0.1) is 5.69 Å². The lowest BCUT2D eigenvalue weighted by atomic mass is 9.70. The Hall–Kier alpha value is -2.70. The summed E-state index contributed by atoms with van der Waals surface area (Å²) in [6.45, 7) is 3.19. The van der Waals surface area contributed by atoms with E-state index in [2.05, 4.69) is 44.6 Å². The van der Waals surface area contributed by atoms with Crippen LogP contribution in [0.3, 0.4) is 0 Å². The Balaban J connectivity index is 1.45. The fourth-order valence-corrected chi connectivity index (χ4v) is 5.70. The smallest absolute Gasteiger partial charge is 0.276 e. The predicted molar refractivity (Wildman–Crippen MR) is 107 cm³/mol. The van der Waals surface area contributed by atoms with Gasteiger partial charge in [0.1, 0.15) is 0 Å². The largest absolute Gasteiger partial charge is 0.336 e. The van der Waals surface area contributed by atoms with Crippen LogP contribution >= 0.6 is 0 Å². The number of fused-ring (bicyclic) bond motifs is 4. The van der Waals surface area contributed by atoms with Gasteiger partial charge in [-0.2, -0.15) is 15.4 Å². The molecule has 1 aromatic carbocycles. The molecule has 1 N–H and O–H groups in total. The molecule has 0 unspecified atom stereocenters. The van der Waals surface area contributed by atoms with E-state index in [0.29, 0.717) is 48.6 Å². The van der Waals surface area contributed by atoms with Crippen molar-refractivity contribution in [2.75, 3.05) is 13.1 Å². The summed E-state index contributed by atoms with van der Waals surface area (Å²) in [6, 6.07) is 10.8. The molecule has 2 amide bonds. The highest BCUT2D eigenvalue weighted by atomic mass is 16.2. The summed E-state index contributed by atoms with van der Waals surface area (Å²) in [7, 11) is 0. The summed E-state index contributed by atoms with van der Waals surface area (Å²) in [5.41, 5.74) is 2.31. The number of carbonyl (C=O) groups is 2. The molecule has 1 aromatic heterocycles. The Morgan fingerprint density at radius 2 is 1.97 bits per heavy atom. The fraction of sp³-hybridized carbons (Fsp3) is 0.545. The zero-order valence-electron chi connectivity index (χ0n) is 16.8. The first-order valence-electron chi connectivity index (χ1n) is 10.6. The van der Waals surface area contributed by atoms with E-state index in [-0.39, 0.29) is 18.0 Å². The molecule has 29 heavy (non-hydrogen) atoms. The van der Waals surface area contributed by atoms with Crippen LogP contribution in [0.1, 0.15) is 47.4 Å². The summed E-state index contributed by atoms with van der Waals surface area (Å²) < 4.78 is 0. The topological polar surface area (TPSA) is 82.2 Å². The summed E-state index contributed by atoms with van der Waals surface area (Å²) in [5.74, 6) is 0.897. The van der Waals surface area contributed by atoms with Crippen molar-refractivity contribution in [3.05, 3.63) is 47.3 Å². The number of aryl methyl sites for hydroxylation is 1. The lowest BCUT2D eigenvalue weighted by Crippen LogP contribution is -2.66. The van der Waals surface area contributed by atoms with E-state index in [1.165, 1.54) is 5.56 Å². The summed E-state index contributed by atoms with van der Waals surface area (Å²) in [4.78, 5) is 30.2. The molecule has 0 radical (unpaired) electrons. The molecule has 152 valence electrons. The third kappa shape index (κ3) is 3.22. The minimum absolute atomic E-state index is 0.0417. The first-order valence-corrected chi connectivity index (χ1v) is 10.6. The number of hydrogen-bond donors (Lipinski definition) is 1. The highest BCUT2D eigenvalue weighted by molar-refractivity contribution is 5.93. The summed E-state index contributed by atoms with van der Waals surface area (Å²) in [6.07, 6.45) is 4.59. The number of carbonyl (C=O) groups excluding carboxylic acids is 2. The van der Waals surface area contributed by atoms with E-state index in [0.717, 1.165) is 25.7 Å². The average Bonchev–Trinajstić information content (AvgIpc) is 3.17. The zero-order valence-corrected chi connectivity index (χ0v) is 16.8. The molecule has 3 aliphatic heterocycles. The van der Waals surface area contributed by atoms with Gasteiger partial charge in [0.25, 0.3) is 5.91 Å². The maximum atomic E-state index is 13.1.